The van der Waals surface area contributed by atoms with E-state index in [4.69, 9.17) is 4.74 Å². The Bertz CT molecular complexity index is 281. The molecule has 4 heteroatoms. The number of ether oxygens (including phenoxy) is 1. The van der Waals surface area contributed by atoms with Crippen molar-refractivity contribution in [1.29, 1.82) is 0 Å². The highest BCUT2D eigenvalue weighted by Gasteiger charge is 2.18. The maximum atomic E-state index is 11.6. The summed E-state index contributed by atoms with van der Waals surface area (Å²) in [5.74, 6) is 0.819. The van der Waals surface area contributed by atoms with Crippen molar-refractivity contribution in [2.24, 2.45) is 5.92 Å². The molecule has 0 radical (unpaired) electrons. The van der Waals surface area contributed by atoms with Gasteiger partial charge in [-0.15, -0.1) is 0 Å². The van der Waals surface area contributed by atoms with Crippen molar-refractivity contribution >= 4 is 6.09 Å². The molecule has 1 aliphatic carbocycles. The molecule has 0 aromatic rings. The van der Waals surface area contributed by atoms with Gasteiger partial charge in [-0.25, -0.2) is 4.79 Å². The smallest absolute Gasteiger partial charge is 0.407 e. The van der Waals surface area contributed by atoms with Crippen molar-refractivity contribution in [2.45, 2.75) is 77.9 Å². The fraction of sp³-hybridized carbons (Fsp3) is 0.938. The van der Waals surface area contributed by atoms with Gasteiger partial charge in [-0.3, -0.25) is 0 Å². The highest BCUT2D eigenvalue weighted by molar-refractivity contribution is 5.67. The van der Waals surface area contributed by atoms with Crippen molar-refractivity contribution in [3.63, 3.8) is 0 Å². The molecule has 1 amide bonds. The molecule has 1 unspecified atom stereocenters. The third kappa shape index (κ3) is 7.73. The SMILES string of the molecule is CCC(CNC(=O)OC(C)(C)C)NCC1CCCCC1. The quantitative estimate of drug-likeness (QED) is 0.785. The van der Waals surface area contributed by atoms with Crippen LogP contribution >= 0.6 is 0 Å². The van der Waals surface area contributed by atoms with Gasteiger partial charge in [0, 0.05) is 12.6 Å². The van der Waals surface area contributed by atoms with Crippen LogP contribution < -0.4 is 10.6 Å². The maximum Gasteiger partial charge on any atom is 0.407 e. The Labute approximate surface area is 124 Å². The van der Waals surface area contributed by atoms with Crippen LogP contribution in [0.4, 0.5) is 4.79 Å². The van der Waals surface area contributed by atoms with Crippen LogP contribution in [0.5, 0.6) is 0 Å². The molecule has 0 aromatic carbocycles. The standard InChI is InChI=1S/C16H32N2O2/c1-5-14(12-18-15(19)20-16(2,3)4)17-11-13-9-7-6-8-10-13/h13-14,17H,5-12H2,1-4H3,(H,18,19). The molecule has 1 saturated carbocycles. The number of hydrogen-bond donors (Lipinski definition) is 2. The lowest BCUT2D eigenvalue weighted by atomic mass is 9.89. The highest BCUT2D eigenvalue weighted by atomic mass is 16.6. The monoisotopic (exact) mass is 284 g/mol. The summed E-state index contributed by atoms with van der Waals surface area (Å²) in [4.78, 5) is 11.6. The summed E-state index contributed by atoms with van der Waals surface area (Å²) >= 11 is 0. The Morgan fingerprint density at radius 1 is 1.25 bits per heavy atom. The Balaban J connectivity index is 2.20. The lowest BCUT2D eigenvalue weighted by molar-refractivity contribution is 0.0522. The zero-order chi connectivity index (χ0) is 15.0. The molecule has 20 heavy (non-hydrogen) atoms. The number of nitrogens with one attached hydrogen (secondary N) is 2. The fourth-order valence-electron chi connectivity index (χ4n) is 2.61. The van der Waals surface area contributed by atoms with E-state index in [0.717, 1.165) is 18.9 Å². The molecule has 0 heterocycles. The van der Waals surface area contributed by atoms with Crippen LogP contribution in [-0.2, 0) is 4.74 Å². The zero-order valence-electron chi connectivity index (χ0n) is 13.6. The van der Waals surface area contributed by atoms with Gasteiger partial charge in [-0.05, 0) is 52.5 Å². The van der Waals surface area contributed by atoms with E-state index in [1.807, 2.05) is 20.8 Å². The molecule has 118 valence electrons. The first-order valence-corrected chi connectivity index (χ1v) is 8.11. The van der Waals surface area contributed by atoms with Gasteiger partial charge in [0.2, 0.25) is 0 Å². The lowest BCUT2D eigenvalue weighted by Crippen LogP contribution is -2.43. The molecule has 1 atom stereocenters. The molecular formula is C16H32N2O2. The molecule has 0 aliphatic heterocycles. The Kier molecular flexibility index (Phi) is 7.35. The van der Waals surface area contributed by atoms with E-state index in [0.29, 0.717) is 12.6 Å². The summed E-state index contributed by atoms with van der Waals surface area (Å²) in [5, 5.41) is 6.44. The topological polar surface area (TPSA) is 50.4 Å². The van der Waals surface area contributed by atoms with Crippen molar-refractivity contribution in [1.82, 2.24) is 10.6 Å². The maximum absolute atomic E-state index is 11.6. The second kappa shape index (κ2) is 8.50. The minimum absolute atomic E-state index is 0.324. The van der Waals surface area contributed by atoms with Gasteiger partial charge < -0.3 is 15.4 Å². The van der Waals surface area contributed by atoms with Gasteiger partial charge in [-0.1, -0.05) is 26.2 Å². The first-order valence-electron chi connectivity index (χ1n) is 8.11. The van der Waals surface area contributed by atoms with E-state index >= 15 is 0 Å². The molecule has 0 bridgehead atoms. The van der Waals surface area contributed by atoms with Crippen molar-refractivity contribution in [3.8, 4) is 0 Å². The number of amides is 1. The molecular weight excluding hydrogens is 252 g/mol. The van der Waals surface area contributed by atoms with Gasteiger partial charge >= 0.3 is 6.09 Å². The molecule has 2 N–H and O–H groups in total. The summed E-state index contributed by atoms with van der Waals surface area (Å²) < 4.78 is 5.25. The first kappa shape index (κ1) is 17.3. The van der Waals surface area contributed by atoms with E-state index < -0.39 is 5.60 Å². The predicted octanol–water partition coefficient (Wildman–Crippen LogP) is 3.46. The van der Waals surface area contributed by atoms with Gasteiger partial charge in [-0.2, -0.15) is 0 Å². The van der Waals surface area contributed by atoms with E-state index in [9.17, 15) is 4.79 Å². The summed E-state index contributed by atoms with van der Waals surface area (Å²) in [6, 6.07) is 0.337. The highest BCUT2D eigenvalue weighted by Crippen LogP contribution is 2.22. The van der Waals surface area contributed by atoms with Crippen LogP contribution in [0, 0.1) is 5.92 Å². The average Bonchev–Trinajstić information content (AvgIpc) is 2.38. The summed E-state index contributed by atoms with van der Waals surface area (Å²) in [6.45, 7) is 9.50. The van der Waals surface area contributed by atoms with Crippen LogP contribution in [-0.4, -0.2) is 30.8 Å². The normalized spacial score (nSPS) is 18.6. The second-order valence-electron chi connectivity index (χ2n) is 6.90. The summed E-state index contributed by atoms with van der Waals surface area (Å²) in [6.07, 6.45) is 7.54. The van der Waals surface area contributed by atoms with E-state index in [-0.39, 0.29) is 6.09 Å². The third-order valence-corrected chi connectivity index (χ3v) is 3.80. The van der Waals surface area contributed by atoms with Gasteiger partial charge in [0.1, 0.15) is 5.60 Å². The minimum Gasteiger partial charge on any atom is -0.444 e. The fourth-order valence-corrected chi connectivity index (χ4v) is 2.61. The summed E-state index contributed by atoms with van der Waals surface area (Å²) in [7, 11) is 0. The van der Waals surface area contributed by atoms with Gasteiger partial charge in [0.05, 0.1) is 0 Å². The van der Waals surface area contributed by atoms with E-state index in [1.165, 1.54) is 32.1 Å². The first-order chi connectivity index (χ1) is 9.40. The van der Waals surface area contributed by atoms with Gasteiger partial charge in [0.25, 0.3) is 0 Å². The Morgan fingerprint density at radius 3 is 2.45 bits per heavy atom. The predicted molar refractivity (Wildman–Crippen MR) is 82.9 cm³/mol. The molecule has 4 nitrogen and oxygen atoms in total. The number of carbonyl (C=O) groups excluding carboxylic acids is 1. The third-order valence-electron chi connectivity index (χ3n) is 3.80. The van der Waals surface area contributed by atoms with Gasteiger partial charge in [0.15, 0.2) is 0 Å². The van der Waals surface area contributed by atoms with Crippen LogP contribution in [0.3, 0.4) is 0 Å². The minimum atomic E-state index is -0.429. The molecule has 0 aromatic heterocycles. The summed E-state index contributed by atoms with van der Waals surface area (Å²) in [5.41, 5.74) is -0.429. The second-order valence-corrected chi connectivity index (χ2v) is 6.90. The number of rotatable bonds is 6. The molecule has 1 rings (SSSR count). The molecule has 0 spiro atoms. The van der Waals surface area contributed by atoms with Crippen LogP contribution in [0.15, 0.2) is 0 Å². The van der Waals surface area contributed by atoms with Crippen LogP contribution in [0.1, 0.15) is 66.2 Å². The van der Waals surface area contributed by atoms with Crippen LogP contribution in [0.2, 0.25) is 0 Å². The van der Waals surface area contributed by atoms with Crippen molar-refractivity contribution in [3.05, 3.63) is 0 Å². The molecule has 1 fully saturated rings. The largest absolute Gasteiger partial charge is 0.444 e. The number of carbonyl (C=O) groups is 1. The molecule has 0 saturated heterocycles. The van der Waals surface area contributed by atoms with Crippen molar-refractivity contribution in [2.75, 3.05) is 13.1 Å². The number of alkyl carbamates (subject to hydrolysis) is 1. The average molecular weight is 284 g/mol. The lowest BCUT2D eigenvalue weighted by Gasteiger charge is -2.26. The van der Waals surface area contributed by atoms with Crippen LogP contribution in [0.25, 0.3) is 0 Å². The van der Waals surface area contributed by atoms with E-state index in [1.54, 1.807) is 0 Å². The van der Waals surface area contributed by atoms with E-state index in [2.05, 4.69) is 17.6 Å². The zero-order valence-corrected chi connectivity index (χ0v) is 13.6. The number of hydrogen-bond acceptors (Lipinski definition) is 3. The Hall–Kier alpha value is -0.770. The molecule has 1 aliphatic rings. The Morgan fingerprint density at radius 2 is 1.90 bits per heavy atom. The van der Waals surface area contributed by atoms with Crippen molar-refractivity contribution < 1.29 is 9.53 Å².